The number of pyridine rings is 2. The number of aromatic nitrogens is 5. The molecule has 2 bridgehead atoms. The van der Waals surface area contributed by atoms with Crippen molar-refractivity contribution in [3.63, 3.8) is 0 Å². The molecule has 9 heteroatoms. The van der Waals surface area contributed by atoms with E-state index in [-0.39, 0.29) is 5.91 Å². The number of amides is 1. The van der Waals surface area contributed by atoms with Crippen LogP contribution < -0.4 is 10.1 Å². The molecule has 0 spiro atoms. The van der Waals surface area contributed by atoms with Gasteiger partial charge in [0.2, 0.25) is 0 Å². The monoisotopic (exact) mass is 575 g/mol. The summed E-state index contributed by atoms with van der Waals surface area (Å²) >= 11 is 0. The number of nitrogens with zero attached hydrogens (tertiary/aromatic N) is 6. The fourth-order valence-corrected chi connectivity index (χ4v) is 7.41. The van der Waals surface area contributed by atoms with E-state index in [1.54, 1.807) is 13.3 Å². The molecule has 43 heavy (non-hydrogen) atoms. The summed E-state index contributed by atoms with van der Waals surface area (Å²) < 4.78 is 10.3. The maximum Gasteiger partial charge on any atom is 0.254 e. The molecule has 2 aliphatic carbocycles. The van der Waals surface area contributed by atoms with Crippen molar-refractivity contribution < 1.29 is 9.53 Å². The Morgan fingerprint density at radius 1 is 1.09 bits per heavy atom. The van der Waals surface area contributed by atoms with Gasteiger partial charge in [-0.15, -0.1) is 0 Å². The lowest BCUT2D eigenvalue weighted by molar-refractivity contribution is 0.0696. The number of hydrogen-bond donors (Lipinski definition) is 1. The van der Waals surface area contributed by atoms with Crippen molar-refractivity contribution in [3.05, 3.63) is 59.9 Å². The first-order valence-corrected chi connectivity index (χ1v) is 15.4. The number of fused-ring (bicyclic) bond motifs is 4. The number of anilines is 2. The van der Waals surface area contributed by atoms with Crippen molar-refractivity contribution >= 4 is 39.5 Å². The predicted octanol–water partition coefficient (Wildman–Crippen LogP) is 6.33. The van der Waals surface area contributed by atoms with Crippen molar-refractivity contribution in [2.24, 2.45) is 24.8 Å². The average Bonchev–Trinajstić information content (AvgIpc) is 3.42. The van der Waals surface area contributed by atoms with E-state index in [9.17, 15) is 4.79 Å². The fourth-order valence-electron chi connectivity index (χ4n) is 7.41. The van der Waals surface area contributed by atoms with Crippen LogP contribution in [0.25, 0.3) is 33.6 Å². The quantitative estimate of drug-likeness (QED) is 0.244. The largest absolute Gasteiger partial charge is 0.494 e. The molecule has 5 heterocycles. The van der Waals surface area contributed by atoms with Crippen molar-refractivity contribution in [2.45, 2.75) is 52.1 Å². The third kappa shape index (κ3) is 4.27. The highest BCUT2D eigenvalue weighted by molar-refractivity contribution is 6.00. The highest BCUT2D eigenvalue weighted by Gasteiger charge is 2.46. The summed E-state index contributed by atoms with van der Waals surface area (Å²) in [6, 6.07) is 12.5. The molecule has 220 valence electrons. The Hall–Kier alpha value is -4.40. The standard InChI is InChI=1S/C34H37N7O2/c1-19-16-35-12-11-25(19)36-30-10-8-22-14-28(40(32(22)38-30)17-21-5-6-21)33-37-26-13-24(15-29(43-4)31(26)39(33)3)34(42)41-18-23-7-9-27(41)20(23)2/h8,10-16,20-21,23,27H,5-7,9,17-18H2,1-4H3,(H,35,36,38). The number of carbonyl (C=O) groups excluding carboxylic acids is 1. The van der Waals surface area contributed by atoms with Gasteiger partial charge in [-0.3, -0.25) is 9.78 Å². The molecular weight excluding hydrogens is 538 g/mol. The van der Waals surface area contributed by atoms with Gasteiger partial charge in [0.1, 0.15) is 22.7 Å². The van der Waals surface area contributed by atoms with Gasteiger partial charge < -0.3 is 24.1 Å². The number of piperidine rings is 1. The van der Waals surface area contributed by atoms with Crippen LogP contribution in [0.15, 0.2) is 48.8 Å². The first-order valence-electron chi connectivity index (χ1n) is 15.4. The van der Waals surface area contributed by atoms with Gasteiger partial charge in [-0.1, -0.05) is 6.92 Å². The number of hydrogen-bond acceptors (Lipinski definition) is 6. The number of likely N-dealkylation sites (tertiary alicyclic amines) is 1. The summed E-state index contributed by atoms with van der Waals surface area (Å²) in [5.41, 5.74) is 6.32. The van der Waals surface area contributed by atoms with E-state index in [4.69, 9.17) is 14.7 Å². The molecule has 3 fully saturated rings. The summed E-state index contributed by atoms with van der Waals surface area (Å²) in [6.07, 6.45) is 8.42. The van der Waals surface area contributed by atoms with Crippen LogP contribution in [-0.4, -0.2) is 54.6 Å². The molecular formula is C34H37N7O2. The van der Waals surface area contributed by atoms with Crippen molar-refractivity contribution in [1.29, 1.82) is 0 Å². The zero-order valence-electron chi connectivity index (χ0n) is 25.2. The summed E-state index contributed by atoms with van der Waals surface area (Å²) in [6.45, 7) is 6.07. The third-order valence-corrected chi connectivity index (χ3v) is 10.1. The molecule has 0 radical (unpaired) electrons. The Balaban J connectivity index is 1.21. The van der Waals surface area contributed by atoms with Crippen LogP contribution in [0.4, 0.5) is 11.5 Å². The number of rotatable bonds is 7. The minimum atomic E-state index is 0.0861. The van der Waals surface area contributed by atoms with E-state index in [1.165, 1.54) is 19.3 Å². The first kappa shape index (κ1) is 26.2. The van der Waals surface area contributed by atoms with Crippen LogP contribution in [-0.2, 0) is 13.6 Å². The van der Waals surface area contributed by atoms with Crippen LogP contribution >= 0.6 is 0 Å². The molecule has 1 aliphatic heterocycles. The molecule has 1 aromatic carbocycles. The van der Waals surface area contributed by atoms with Gasteiger partial charge in [0.15, 0.2) is 5.82 Å². The highest BCUT2D eigenvalue weighted by atomic mass is 16.5. The highest BCUT2D eigenvalue weighted by Crippen LogP contribution is 2.44. The number of carbonyl (C=O) groups is 1. The van der Waals surface area contributed by atoms with Crippen LogP contribution in [0.3, 0.4) is 0 Å². The van der Waals surface area contributed by atoms with Crippen LogP contribution in [0.2, 0.25) is 0 Å². The lowest BCUT2D eigenvalue weighted by Gasteiger charge is -2.27. The number of ether oxygens (including phenoxy) is 1. The zero-order chi connectivity index (χ0) is 29.4. The predicted molar refractivity (Wildman–Crippen MR) is 168 cm³/mol. The van der Waals surface area contributed by atoms with Gasteiger partial charge >= 0.3 is 0 Å². The topological polar surface area (TPSA) is 90.1 Å². The smallest absolute Gasteiger partial charge is 0.254 e. The van der Waals surface area contributed by atoms with Crippen LogP contribution in [0, 0.1) is 24.7 Å². The Labute approximate surface area is 250 Å². The molecule has 5 aromatic rings. The van der Waals surface area contributed by atoms with Crippen LogP contribution in [0.5, 0.6) is 5.75 Å². The second-order valence-corrected chi connectivity index (χ2v) is 12.8. The lowest BCUT2D eigenvalue weighted by atomic mass is 10.0. The van der Waals surface area contributed by atoms with E-state index in [0.717, 1.165) is 70.2 Å². The molecule has 4 aromatic heterocycles. The number of methoxy groups -OCH3 is 1. The van der Waals surface area contributed by atoms with Crippen molar-refractivity contribution in [1.82, 2.24) is 29.0 Å². The second-order valence-electron chi connectivity index (χ2n) is 12.8. The third-order valence-electron chi connectivity index (χ3n) is 10.1. The molecule has 2 saturated carbocycles. The Morgan fingerprint density at radius 3 is 2.67 bits per heavy atom. The number of aryl methyl sites for hydroxylation is 2. The molecule has 1 amide bonds. The van der Waals surface area contributed by atoms with Gasteiger partial charge in [0.25, 0.3) is 5.91 Å². The average molecular weight is 576 g/mol. The first-order chi connectivity index (χ1) is 20.9. The van der Waals surface area contributed by atoms with Crippen molar-refractivity contribution in [3.8, 4) is 17.3 Å². The molecule has 3 aliphatic rings. The van der Waals surface area contributed by atoms with Crippen LogP contribution in [0.1, 0.15) is 48.5 Å². The normalized spacial score (nSPS) is 21.3. The maximum absolute atomic E-state index is 13.8. The molecule has 9 nitrogen and oxygen atoms in total. The number of benzene rings is 1. The minimum absolute atomic E-state index is 0.0861. The Kier molecular flexibility index (Phi) is 6.00. The number of nitrogens with one attached hydrogen (secondary N) is 1. The van der Waals surface area contributed by atoms with E-state index >= 15 is 0 Å². The zero-order valence-corrected chi connectivity index (χ0v) is 25.2. The van der Waals surface area contributed by atoms with E-state index in [2.05, 4.69) is 43.4 Å². The molecule has 3 unspecified atom stereocenters. The Bertz CT molecular complexity index is 1900. The summed E-state index contributed by atoms with van der Waals surface area (Å²) in [4.78, 5) is 30.3. The van der Waals surface area contributed by atoms with Gasteiger partial charge in [-0.25, -0.2) is 9.97 Å². The molecule has 8 rings (SSSR count). The van der Waals surface area contributed by atoms with Crippen molar-refractivity contribution in [2.75, 3.05) is 19.0 Å². The minimum Gasteiger partial charge on any atom is -0.494 e. The number of imidazole rings is 1. The Morgan fingerprint density at radius 2 is 1.95 bits per heavy atom. The molecule has 1 N–H and O–H groups in total. The van der Waals surface area contributed by atoms with Gasteiger partial charge in [-0.2, -0.15) is 0 Å². The molecule has 1 saturated heterocycles. The maximum atomic E-state index is 13.8. The summed E-state index contributed by atoms with van der Waals surface area (Å²) in [5, 5.41) is 4.54. The summed E-state index contributed by atoms with van der Waals surface area (Å²) in [7, 11) is 3.70. The summed E-state index contributed by atoms with van der Waals surface area (Å²) in [5.74, 6) is 4.22. The van der Waals surface area contributed by atoms with E-state index in [1.807, 2.05) is 44.4 Å². The van der Waals surface area contributed by atoms with Gasteiger partial charge in [0.05, 0.1) is 18.3 Å². The fraction of sp³-hybridized carbons (Fsp3) is 0.412. The lowest BCUT2D eigenvalue weighted by Crippen LogP contribution is -2.38. The van der Waals surface area contributed by atoms with Gasteiger partial charge in [0, 0.05) is 55.2 Å². The van der Waals surface area contributed by atoms with E-state index < -0.39 is 0 Å². The van der Waals surface area contributed by atoms with Gasteiger partial charge in [-0.05, 0) is 92.3 Å². The SMILES string of the molecule is COc1cc(C(=O)N2CC3CCC2C3C)cc2nc(-c3cc4ccc(Nc5ccncc5C)nc4n3CC3CC3)n(C)c12. The second kappa shape index (κ2) is 9.82. The molecule has 3 atom stereocenters. The van der Waals surface area contributed by atoms with E-state index in [0.29, 0.717) is 35.1 Å².